The van der Waals surface area contributed by atoms with Crippen LogP contribution in [0, 0.1) is 10.1 Å². The van der Waals surface area contributed by atoms with Crippen molar-refractivity contribution in [2.75, 3.05) is 7.11 Å². The summed E-state index contributed by atoms with van der Waals surface area (Å²) in [5, 5.41) is 19.1. The number of rotatable bonds is 15. The second-order valence-electron chi connectivity index (χ2n) is 10.5. The van der Waals surface area contributed by atoms with Crippen LogP contribution in [0.3, 0.4) is 0 Å². The number of aromatic nitrogens is 2. The molecule has 0 saturated carbocycles. The molecular formula is C33H34N6O8. The third kappa shape index (κ3) is 10.5. The summed E-state index contributed by atoms with van der Waals surface area (Å²) in [6.07, 6.45) is 2.06. The normalized spacial score (nSPS) is 12.5. The summed E-state index contributed by atoms with van der Waals surface area (Å²) in [7, 11) is 1.20. The predicted octanol–water partition coefficient (Wildman–Crippen LogP) is 2.78. The molecule has 0 aliphatic rings. The Morgan fingerprint density at radius 2 is 1.32 bits per heavy atom. The van der Waals surface area contributed by atoms with E-state index in [1.54, 1.807) is 48.5 Å². The van der Waals surface area contributed by atoms with Crippen molar-refractivity contribution in [1.82, 2.24) is 25.9 Å². The molecule has 0 aliphatic carbocycles. The molecular weight excluding hydrogens is 608 g/mol. The Balaban J connectivity index is 1.54. The molecule has 4 aromatic rings. The fourth-order valence-electron chi connectivity index (χ4n) is 4.66. The van der Waals surface area contributed by atoms with E-state index in [-0.39, 0.29) is 31.6 Å². The van der Waals surface area contributed by atoms with Gasteiger partial charge in [0.1, 0.15) is 24.7 Å². The molecule has 0 bridgehead atoms. The monoisotopic (exact) mass is 642 g/mol. The van der Waals surface area contributed by atoms with E-state index in [1.165, 1.54) is 43.9 Å². The summed E-state index contributed by atoms with van der Waals surface area (Å²) >= 11 is 0. The van der Waals surface area contributed by atoms with Gasteiger partial charge in [-0.05, 0) is 16.7 Å². The SMILES string of the molecule is COC(=O)C(Cc1ccccc1)NC(=O)C(Cc1ccc([N+](=O)[O-])cc1)NC(=O)C(Cc1cnc[nH]1)NC(=O)OCc1ccccc1. The summed E-state index contributed by atoms with van der Waals surface area (Å²) < 4.78 is 10.2. The van der Waals surface area contributed by atoms with Crippen LogP contribution in [0.1, 0.15) is 22.4 Å². The molecule has 0 saturated heterocycles. The number of nitro benzene ring substituents is 1. The number of nitrogens with zero attached hydrogens (tertiary/aromatic N) is 2. The van der Waals surface area contributed by atoms with Crippen LogP contribution in [-0.4, -0.2) is 64.0 Å². The van der Waals surface area contributed by atoms with Crippen molar-refractivity contribution in [1.29, 1.82) is 0 Å². The molecule has 47 heavy (non-hydrogen) atoms. The average Bonchev–Trinajstić information content (AvgIpc) is 3.60. The maximum Gasteiger partial charge on any atom is 0.408 e. The van der Waals surface area contributed by atoms with Crippen LogP contribution in [0.2, 0.25) is 0 Å². The summed E-state index contributed by atoms with van der Waals surface area (Å²) in [6.45, 7) is -0.0351. The zero-order valence-corrected chi connectivity index (χ0v) is 25.5. The van der Waals surface area contributed by atoms with Crippen LogP contribution < -0.4 is 16.0 Å². The van der Waals surface area contributed by atoms with E-state index < -0.39 is 46.9 Å². The maximum absolute atomic E-state index is 13.7. The molecule has 1 heterocycles. The number of non-ortho nitro benzene ring substituents is 1. The second-order valence-corrected chi connectivity index (χ2v) is 10.5. The first-order chi connectivity index (χ1) is 22.7. The number of amides is 3. The highest BCUT2D eigenvalue weighted by atomic mass is 16.6. The van der Waals surface area contributed by atoms with Gasteiger partial charge in [-0.1, -0.05) is 72.8 Å². The fourth-order valence-corrected chi connectivity index (χ4v) is 4.66. The van der Waals surface area contributed by atoms with E-state index in [0.29, 0.717) is 11.3 Å². The number of hydrogen-bond donors (Lipinski definition) is 4. The summed E-state index contributed by atoms with van der Waals surface area (Å²) in [4.78, 5) is 70.3. The molecule has 14 heteroatoms. The summed E-state index contributed by atoms with van der Waals surface area (Å²) in [5.74, 6) is -2.13. The lowest BCUT2D eigenvalue weighted by Crippen LogP contribution is -2.57. The number of benzene rings is 3. The number of ether oxygens (including phenoxy) is 2. The quantitative estimate of drug-likeness (QED) is 0.0857. The minimum atomic E-state index is -1.27. The van der Waals surface area contributed by atoms with Crippen molar-refractivity contribution in [2.24, 2.45) is 0 Å². The lowest BCUT2D eigenvalue weighted by Gasteiger charge is -2.25. The number of aromatic amines is 1. The maximum atomic E-state index is 13.7. The number of nitrogens with one attached hydrogen (secondary N) is 4. The van der Waals surface area contributed by atoms with Gasteiger partial charge < -0.3 is 30.4 Å². The predicted molar refractivity (Wildman–Crippen MR) is 169 cm³/mol. The third-order valence-electron chi connectivity index (χ3n) is 7.11. The zero-order valence-electron chi connectivity index (χ0n) is 25.5. The molecule has 4 N–H and O–H groups in total. The van der Waals surface area contributed by atoms with E-state index in [0.717, 1.165) is 11.1 Å². The molecule has 0 spiro atoms. The standard InChI is InChI=1S/C33H34N6O8/c1-46-32(42)29(17-22-8-4-2-5-9-22)37-30(40)27(16-23-12-14-26(15-13-23)39(44)45)36-31(41)28(18-25-19-34-21-35-25)38-33(43)47-20-24-10-6-3-7-11-24/h2-15,19,21,27-29H,16-18,20H2,1H3,(H,34,35)(H,36,41)(H,37,40)(H,38,43). The van der Waals surface area contributed by atoms with Gasteiger partial charge in [0, 0.05) is 43.3 Å². The van der Waals surface area contributed by atoms with E-state index in [1.807, 2.05) is 12.1 Å². The highest BCUT2D eigenvalue weighted by Crippen LogP contribution is 2.14. The molecule has 0 fully saturated rings. The van der Waals surface area contributed by atoms with Crippen molar-refractivity contribution in [2.45, 2.75) is 44.0 Å². The molecule has 14 nitrogen and oxygen atoms in total. The molecule has 1 aromatic heterocycles. The molecule has 244 valence electrons. The Morgan fingerprint density at radius 1 is 0.766 bits per heavy atom. The Hall–Kier alpha value is -6.05. The Morgan fingerprint density at radius 3 is 1.89 bits per heavy atom. The average molecular weight is 643 g/mol. The van der Waals surface area contributed by atoms with Gasteiger partial charge in [-0.25, -0.2) is 14.6 Å². The fraction of sp³-hybridized carbons (Fsp3) is 0.242. The first-order valence-corrected chi connectivity index (χ1v) is 14.6. The van der Waals surface area contributed by atoms with Crippen molar-refractivity contribution in [3.63, 3.8) is 0 Å². The van der Waals surface area contributed by atoms with E-state index in [2.05, 4.69) is 25.9 Å². The molecule has 0 radical (unpaired) electrons. The van der Waals surface area contributed by atoms with Crippen LogP contribution in [0.25, 0.3) is 0 Å². The Kier molecular flexibility index (Phi) is 12.1. The Bertz CT molecular complexity index is 1630. The molecule has 3 amide bonds. The number of esters is 1. The second kappa shape index (κ2) is 16.9. The van der Waals surface area contributed by atoms with E-state index in [4.69, 9.17) is 9.47 Å². The number of nitro groups is 1. The number of carbonyl (C=O) groups is 4. The van der Waals surface area contributed by atoms with Gasteiger partial charge in [0.2, 0.25) is 11.8 Å². The summed E-state index contributed by atoms with van der Waals surface area (Å²) in [5.41, 5.74) is 2.38. The van der Waals surface area contributed by atoms with Gasteiger partial charge in [0.05, 0.1) is 18.4 Å². The number of alkyl carbamates (subject to hydrolysis) is 1. The first kappa shape index (κ1) is 33.8. The van der Waals surface area contributed by atoms with Crippen LogP contribution >= 0.6 is 0 Å². The van der Waals surface area contributed by atoms with Gasteiger partial charge in [0.15, 0.2) is 0 Å². The van der Waals surface area contributed by atoms with E-state index in [9.17, 15) is 29.3 Å². The smallest absolute Gasteiger partial charge is 0.408 e. The molecule has 3 aromatic carbocycles. The number of H-pyrrole nitrogens is 1. The van der Waals surface area contributed by atoms with Gasteiger partial charge in [-0.2, -0.15) is 0 Å². The number of imidazole rings is 1. The van der Waals surface area contributed by atoms with Crippen molar-refractivity contribution in [3.05, 3.63) is 130 Å². The lowest BCUT2D eigenvalue weighted by molar-refractivity contribution is -0.384. The first-order valence-electron chi connectivity index (χ1n) is 14.6. The van der Waals surface area contributed by atoms with Crippen molar-refractivity contribution >= 4 is 29.6 Å². The number of methoxy groups -OCH3 is 1. The lowest BCUT2D eigenvalue weighted by atomic mass is 10.0. The van der Waals surface area contributed by atoms with Crippen LogP contribution in [0.5, 0.6) is 0 Å². The van der Waals surface area contributed by atoms with Crippen molar-refractivity contribution < 1.29 is 33.6 Å². The minimum Gasteiger partial charge on any atom is -0.467 e. The van der Waals surface area contributed by atoms with Gasteiger partial charge in [-0.3, -0.25) is 19.7 Å². The molecule has 3 unspecified atom stereocenters. The largest absolute Gasteiger partial charge is 0.467 e. The number of hydrogen-bond acceptors (Lipinski definition) is 9. The Labute approximate surface area is 270 Å². The molecule has 3 atom stereocenters. The van der Waals surface area contributed by atoms with Crippen LogP contribution in [0.4, 0.5) is 10.5 Å². The zero-order chi connectivity index (χ0) is 33.6. The van der Waals surface area contributed by atoms with Gasteiger partial charge >= 0.3 is 12.1 Å². The molecule has 0 aliphatic heterocycles. The highest BCUT2D eigenvalue weighted by molar-refractivity contribution is 5.93. The van der Waals surface area contributed by atoms with E-state index >= 15 is 0 Å². The van der Waals surface area contributed by atoms with Crippen molar-refractivity contribution in [3.8, 4) is 0 Å². The number of carbonyl (C=O) groups excluding carboxylic acids is 4. The van der Waals surface area contributed by atoms with Crippen LogP contribution in [-0.2, 0) is 49.7 Å². The highest BCUT2D eigenvalue weighted by Gasteiger charge is 2.31. The molecule has 4 rings (SSSR count). The topological polar surface area (TPSA) is 195 Å². The van der Waals surface area contributed by atoms with Gasteiger partial charge in [-0.15, -0.1) is 0 Å². The third-order valence-corrected chi connectivity index (χ3v) is 7.11. The minimum absolute atomic E-state index is 0.0169. The van der Waals surface area contributed by atoms with Gasteiger partial charge in [0.25, 0.3) is 5.69 Å². The summed E-state index contributed by atoms with van der Waals surface area (Å²) in [6, 6.07) is 19.9. The van der Waals surface area contributed by atoms with Crippen LogP contribution in [0.15, 0.2) is 97.5 Å².